The van der Waals surface area contributed by atoms with Crippen molar-refractivity contribution in [3.63, 3.8) is 0 Å². The number of fused-ring (bicyclic) bond motifs is 1. The minimum atomic E-state index is -0.602. The molecule has 0 amide bonds. The molecule has 20 heavy (non-hydrogen) atoms. The van der Waals surface area contributed by atoms with E-state index in [1.807, 2.05) is 4.57 Å². The van der Waals surface area contributed by atoms with Gasteiger partial charge in [-0.2, -0.15) is 0 Å². The predicted octanol–water partition coefficient (Wildman–Crippen LogP) is 2.59. The molecule has 2 heterocycles. The molecule has 6 heteroatoms. The van der Waals surface area contributed by atoms with Crippen LogP contribution in [-0.4, -0.2) is 21.3 Å². The first-order valence-corrected chi connectivity index (χ1v) is 6.74. The lowest BCUT2D eigenvalue weighted by atomic mass is 10.1. The summed E-state index contributed by atoms with van der Waals surface area (Å²) in [6.45, 7) is 5.15. The Hall–Kier alpha value is -1.82. The first kappa shape index (κ1) is 13.2. The van der Waals surface area contributed by atoms with Gasteiger partial charge >= 0.3 is 0 Å². The number of benzene rings is 1. The number of rotatable bonds is 2. The number of aromatic nitrogens is 3. The van der Waals surface area contributed by atoms with Crippen molar-refractivity contribution in [2.45, 2.75) is 32.9 Å². The Kier molecular flexibility index (Phi) is 3.25. The quantitative estimate of drug-likeness (QED) is 0.918. The standard InChI is InChI=1S/C14H16F2N4/c1-3-12-14-19-18-13(20(14)5-4-17-12)9-6-8(2)10(15)7-11(9)16/h6-7,12,17H,3-5H2,1-2H3. The second-order valence-corrected chi connectivity index (χ2v) is 5.03. The molecule has 1 aromatic carbocycles. The molecule has 0 saturated heterocycles. The lowest BCUT2D eigenvalue weighted by Gasteiger charge is -2.24. The molecule has 0 radical (unpaired) electrons. The molecule has 0 spiro atoms. The Bertz CT molecular complexity index is 651. The van der Waals surface area contributed by atoms with Crippen LogP contribution in [0.1, 0.15) is 30.8 Å². The summed E-state index contributed by atoms with van der Waals surface area (Å²) < 4.78 is 29.3. The molecule has 1 N–H and O–H groups in total. The maximum Gasteiger partial charge on any atom is 0.167 e. The van der Waals surface area contributed by atoms with Crippen LogP contribution >= 0.6 is 0 Å². The van der Waals surface area contributed by atoms with Crippen LogP contribution in [-0.2, 0) is 6.54 Å². The van der Waals surface area contributed by atoms with E-state index >= 15 is 0 Å². The first-order chi connectivity index (χ1) is 9.61. The summed E-state index contributed by atoms with van der Waals surface area (Å²) in [5, 5.41) is 11.6. The monoisotopic (exact) mass is 278 g/mol. The highest BCUT2D eigenvalue weighted by Gasteiger charge is 2.25. The topological polar surface area (TPSA) is 42.7 Å². The minimum absolute atomic E-state index is 0.134. The van der Waals surface area contributed by atoms with E-state index in [0.717, 1.165) is 24.9 Å². The summed E-state index contributed by atoms with van der Waals surface area (Å²) in [6.07, 6.45) is 0.892. The second-order valence-electron chi connectivity index (χ2n) is 5.03. The minimum Gasteiger partial charge on any atom is -0.308 e. The Balaban J connectivity index is 2.12. The third-order valence-electron chi connectivity index (χ3n) is 3.71. The van der Waals surface area contributed by atoms with E-state index in [0.29, 0.717) is 23.5 Å². The van der Waals surface area contributed by atoms with Gasteiger partial charge in [-0.05, 0) is 25.0 Å². The van der Waals surface area contributed by atoms with Crippen LogP contribution in [0, 0.1) is 18.6 Å². The molecule has 0 saturated carbocycles. The third kappa shape index (κ3) is 2.00. The van der Waals surface area contributed by atoms with E-state index in [1.54, 1.807) is 6.92 Å². The zero-order valence-electron chi connectivity index (χ0n) is 11.5. The average Bonchev–Trinajstić information content (AvgIpc) is 2.86. The molecular formula is C14H16F2N4. The van der Waals surface area contributed by atoms with E-state index in [-0.39, 0.29) is 6.04 Å². The molecule has 106 valence electrons. The van der Waals surface area contributed by atoms with E-state index in [2.05, 4.69) is 22.4 Å². The van der Waals surface area contributed by atoms with Crippen molar-refractivity contribution < 1.29 is 8.78 Å². The van der Waals surface area contributed by atoms with Gasteiger partial charge in [-0.3, -0.25) is 0 Å². The molecule has 1 unspecified atom stereocenters. The zero-order chi connectivity index (χ0) is 14.3. The number of nitrogens with one attached hydrogen (secondary N) is 1. The molecule has 0 fully saturated rings. The summed E-state index contributed by atoms with van der Waals surface area (Å²) in [4.78, 5) is 0. The summed E-state index contributed by atoms with van der Waals surface area (Å²) in [6, 6.07) is 2.53. The van der Waals surface area contributed by atoms with Crippen molar-refractivity contribution in [2.24, 2.45) is 0 Å². The number of aryl methyl sites for hydroxylation is 1. The molecule has 1 atom stereocenters. The van der Waals surface area contributed by atoms with Crippen molar-refractivity contribution in [1.82, 2.24) is 20.1 Å². The van der Waals surface area contributed by atoms with E-state index < -0.39 is 11.6 Å². The number of hydrogen-bond donors (Lipinski definition) is 1. The maximum absolute atomic E-state index is 14.0. The van der Waals surface area contributed by atoms with Crippen LogP contribution in [0.2, 0.25) is 0 Å². The van der Waals surface area contributed by atoms with Crippen LogP contribution in [0.4, 0.5) is 8.78 Å². The summed E-state index contributed by atoms with van der Waals surface area (Å²) in [7, 11) is 0. The van der Waals surface area contributed by atoms with E-state index in [1.165, 1.54) is 6.07 Å². The highest BCUT2D eigenvalue weighted by Crippen LogP contribution is 2.28. The second kappa shape index (κ2) is 4.94. The van der Waals surface area contributed by atoms with Gasteiger partial charge in [-0.15, -0.1) is 10.2 Å². The van der Waals surface area contributed by atoms with E-state index in [9.17, 15) is 8.78 Å². The van der Waals surface area contributed by atoms with Crippen molar-refractivity contribution in [2.75, 3.05) is 6.54 Å². The van der Waals surface area contributed by atoms with Crippen LogP contribution in [0.25, 0.3) is 11.4 Å². The fourth-order valence-electron chi connectivity index (χ4n) is 2.59. The van der Waals surface area contributed by atoms with Gasteiger partial charge in [0.1, 0.15) is 11.6 Å². The number of halogens is 2. The SMILES string of the molecule is CCC1NCCn2c(-c3cc(C)c(F)cc3F)nnc21. The normalized spacial score (nSPS) is 18.1. The molecule has 0 bridgehead atoms. The fourth-order valence-corrected chi connectivity index (χ4v) is 2.59. The van der Waals surface area contributed by atoms with E-state index in [4.69, 9.17) is 0 Å². The summed E-state index contributed by atoms with van der Waals surface area (Å²) in [5.41, 5.74) is 0.708. The van der Waals surface area contributed by atoms with Gasteiger partial charge in [0, 0.05) is 19.2 Å². The third-order valence-corrected chi connectivity index (χ3v) is 3.71. The summed E-state index contributed by atoms with van der Waals surface area (Å²) >= 11 is 0. The number of nitrogens with zero attached hydrogens (tertiary/aromatic N) is 3. The van der Waals surface area contributed by atoms with Gasteiger partial charge in [-0.1, -0.05) is 6.92 Å². The Morgan fingerprint density at radius 2 is 2.10 bits per heavy atom. The lowest BCUT2D eigenvalue weighted by molar-refractivity contribution is 0.407. The first-order valence-electron chi connectivity index (χ1n) is 6.74. The van der Waals surface area contributed by atoms with Crippen LogP contribution in [0.3, 0.4) is 0 Å². The molecule has 1 aliphatic rings. The van der Waals surface area contributed by atoms with Crippen molar-refractivity contribution >= 4 is 0 Å². The van der Waals surface area contributed by atoms with Gasteiger partial charge in [0.15, 0.2) is 11.6 Å². The molecule has 3 rings (SSSR count). The molecular weight excluding hydrogens is 262 g/mol. The van der Waals surface area contributed by atoms with Gasteiger partial charge in [0.25, 0.3) is 0 Å². The van der Waals surface area contributed by atoms with Crippen LogP contribution < -0.4 is 5.32 Å². The highest BCUT2D eigenvalue weighted by molar-refractivity contribution is 5.58. The lowest BCUT2D eigenvalue weighted by Crippen LogP contribution is -2.33. The molecule has 4 nitrogen and oxygen atoms in total. The smallest absolute Gasteiger partial charge is 0.167 e. The maximum atomic E-state index is 14.0. The van der Waals surface area contributed by atoms with Crippen molar-refractivity contribution in [3.8, 4) is 11.4 Å². The van der Waals surface area contributed by atoms with Gasteiger partial charge in [0.2, 0.25) is 0 Å². The average molecular weight is 278 g/mol. The van der Waals surface area contributed by atoms with Crippen LogP contribution in [0.5, 0.6) is 0 Å². The molecule has 0 aliphatic carbocycles. The largest absolute Gasteiger partial charge is 0.308 e. The number of hydrogen-bond acceptors (Lipinski definition) is 3. The Labute approximate surface area is 115 Å². The molecule has 1 aromatic heterocycles. The van der Waals surface area contributed by atoms with Crippen molar-refractivity contribution in [1.29, 1.82) is 0 Å². The molecule has 2 aromatic rings. The van der Waals surface area contributed by atoms with Crippen LogP contribution in [0.15, 0.2) is 12.1 Å². The Morgan fingerprint density at radius 1 is 1.30 bits per heavy atom. The molecule has 1 aliphatic heterocycles. The van der Waals surface area contributed by atoms with Gasteiger partial charge in [0.05, 0.1) is 11.6 Å². The van der Waals surface area contributed by atoms with Crippen molar-refractivity contribution in [3.05, 3.63) is 35.2 Å². The fraction of sp³-hybridized carbons (Fsp3) is 0.429. The van der Waals surface area contributed by atoms with Gasteiger partial charge < -0.3 is 9.88 Å². The summed E-state index contributed by atoms with van der Waals surface area (Å²) in [5.74, 6) is 0.142. The van der Waals surface area contributed by atoms with Gasteiger partial charge in [-0.25, -0.2) is 8.78 Å². The zero-order valence-corrected chi connectivity index (χ0v) is 11.5. The predicted molar refractivity (Wildman–Crippen MR) is 71.1 cm³/mol. The highest BCUT2D eigenvalue weighted by atomic mass is 19.1. The Morgan fingerprint density at radius 3 is 2.85 bits per heavy atom.